The van der Waals surface area contributed by atoms with E-state index >= 15 is 0 Å². The number of aryl methyl sites for hydroxylation is 1. The smallest absolute Gasteiger partial charge is 0.347 e. The normalized spacial score (nSPS) is 11.2. The van der Waals surface area contributed by atoms with Gasteiger partial charge in [-0.05, 0) is 65.8 Å². The number of benzene rings is 3. The summed E-state index contributed by atoms with van der Waals surface area (Å²) in [4.78, 5) is 25.9. The van der Waals surface area contributed by atoms with Gasteiger partial charge in [-0.2, -0.15) is 0 Å². The molecule has 0 fully saturated rings. The maximum Gasteiger partial charge on any atom is 0.347 e. The van der Waals surface area contributed by atoms with Crippen molar-refractivity contribution in [3.8, 4) is 17.2 Å². The van der Waals surface area contributed by atoms with E-state index in [1.807, 2.05) is 39.0 Å². The van der Waals surface area contributed by atoms with Crippen LogP contribution in [-0.4, -0.2) is 17.0 Å². The van der Waals surface area contributed by atoms with E-state index in [-0.39, 0.29) is 28.0 Å². The molecule has 3 rings (SSSR count). The topological polar surface area (TPSA) is 72.8 Å². The predicted octanol–water partition coefficient (Wildman–Crippen LogP) is 8.03. The molecule has 196 valence electrons. The number of para-hydroxylation sites is 1. The zero-order valence-electron chi connectivity index (χ0n) is 22.4. The Balaban J connectivity index is 1.72. The van der Waals surface area contributed by atoms with E-state index in [1.54, 1.807) is 36.4 Å². The van der Waals surface area contributed by atoms with Gasteiger partial charge < -0.3 is 14.6 Å². The Morgan fingerprint density at radius 2 is 1.41 bits per heavy atom. The third-order valence-corrected chi connectivity index (χ3v) is 6.35. The van der Waals surface area contributed by atoms with Gasteiger partial charge in [0.1, 0.15) is 28.4 Å². The molecule has 0 heterocycles. The van der Waals surface area contributed by atoms with Crippen LogP contribution in [-0.2, 0) is 11.8 Å². The Bertz CT molecular complexity index is 1190. The SMILES string of the molecule is CCCCCCCCc1ccc(OC(=O)c2ccc(C(C)(C)C)cc2OC(=O)c2ccccc2O)cc1. The first kappa shape index (κ1) is 28.0. The lowest BCUT2D eigenvalue weighted by Crippen LogP contribution is -2.17. The van der Waals surface area contributed by atoms with Crippen LogP contribution in [0.3, 0.4) is 0 Å². The Labute approximate surface area is 220 Å². The average molecular weight is 503 g/mol. The number of rotatable bonds is 11. The second-order valence-electron chi connectivity index (χ2n) is 10.4. The van der Waals surface area contributed by atoms with E-state index in [9.17, 15) is 14.7 Å². The molecule has 37 heavy (non-hydrogen) atoms. The van der Waals surface area contributed by atoms with Crippen LogP contribution >= 0.6 is 0 Å². The van der Waals surface area contributed by atoms with Crippen molar-refractivity contribution in [1.29, 1.82) is 0 Å². The summed E-state index contributed by atoms with van der Waals surface area (Å²) in [5.41, 5.74) is 2.02. The van der Waals surface area contributed by atoms with Gasteiger partial charge in [-0.1, -0.05) is 90.1 Å². The van der Waals surface area contributed by atoms with Crippen molar-refractivity contribution in [2.75, 3.05) is 0 Å². The minimum Gasteiger partial charge on any atom is -0.507 e. The summed E-state index contributed by atoms with van der Waals surface area (Å²) >= 11 is 0. The Kier molecular flexibility index (Phi) is 9.90. The highest BCUT2D eigenvalue weighted by molar-refractivity contribution is 5.98. The van der Waals surface area contributed by atoms with Crippen LogP contribution in [0.15, 0.2) is 66.7 Å². The molecule has 0 bridgehead atoms. The van der Waals surface area contributed by atoms with Crippen LogP contribution in [0.4, 0.5) is 0 Å². The van der Waals surface area contributed by atoms with E-state index in [0.29, 0.717) is 5.75 Å². The van der Waals surface area contributed by atoms with Gasteiger partial charge in [0.05, 0.1) is 0 Å². The molecule has 3 aromatic rings. The van der Waals surface area contributed by atoms with Crippen LogP contribution in [0.1, 0.15) is 98.1 Å². The molecule has 0 aromatic heterocycles. The molecule has 3 aromatic carbocycles. The molecular weight excluding hydrogens is 464 g/mol. The lowest BCUT2D eigenvalue weighted by molar-refractivity contribution is 0.0705. The second kappa shape index (κ2) is 13.1. The predicted molar refractivity (Wildman–Crippen MR) is 147 cm³/mol. The molecule has 0 amide bonds. The zero-order valence-corrected chi connectivity index (χ0v) is 22.4. The molecule has 5 heteroatoms. The number of phenols is 1. The number of carbonyl (C=O) groups is 2. The van der Waals surface area contributed by atoms with Crippen molar-refractivity contribution >= 4 is 11.9 Å². The summed E-state index contributed by atoms with van der Waals surface area (Å²) in [6.07, 6.45) is 8.50. The van der Waals surface area contributed by atoms with Crippen LogP contribution in [0.2, 0.25) is 0 Å². The maximum absolute atomic E-state index is 13.1. The highest BCUT2D eigenvalue weighted by Crippen LogP contribution is 2.31. The highest BCUT2D eigenvalue weighted by Gasteiger charge is 2.23. The van der Waals surface area contributed by atoms with Crippen molar-refractivity contribution in [1.82, 2.24) is 0 Å². The second-order valence-corrected chi connectivity index (χ2v) is 10.4. The number of hydrogen-bond donors (Lipinski definition) is 1. The minimum absolute atomic E-state index is 0.0175. The molecular formula is C32H38O5. The lowest BCUT2D eigenvalue weighted by atomic mass is 9.86. The van der Waals surface area contributed by atoms with Crippen LogP contribution in [0.25, 0.3) is 0 Å². The van der Waals surface area contributed by atoms with Gasteiger partial charge in [-0.25, -0.2) is 9.59 Å². The zero-order chi connectivity index (χ0) is 26.8. The number of hydrogen-bond acceptors (Lipinski definition) is 5. The van der Waals surface area contributed by atoms with Crippen molar-refractivity contribution in [3.63, 3.8) is 0 Å². The Morgan fingerprint density at radius 1 is 0.757 bits per heavy atom. The van der Waals surface area contributed by atoms with Gasteiger partial charge in [-0.3, -0.25) is 0 Å². The van der Waals surface area contributed by atoms with E-state index in [2.05, 4.69) is 6.92 Å². The van der Waals surface area contributed by atoms with Crippen molar-refractivity contribution in [2.24, 2.45) is 0 Å². The van der Waals surface area contributed by atoms with Crippen LogP contribution < -0.4 is 9.47 Å². The molecule has 0 radical (unpaired) electrons. The quantitative estimate of drug-likeness (QED) is 0.163. The van der Waals surface area contributed by atoms with E-state index in [0.717, 1.165) is 18.4 Å². The maximum atomic E-state index is 13.1. The van der Waals surface area contributed by atoms with Gasteiger partial charge in [0.25, 0.3) is 0 Å². The first-order valence-electron chi connectivity index (χ1n) is 13.1. The average Bonchev–Trinajstić information content (AvgIpc) is 2.86. The molecule has 0 atom stereocenters. The molecule has 0 aliphatic rings. The number of carbonyl (C=O) groups excluding carboxylic acids is 2. The largest absolute Gasteiger partial charge is 0.507 e. The molecule has 0 saturated heterocycles. The summed E-state index contributed by atoms with van der Waals surface area (Å²) < 4.78 is 11.2. The lowest BCUT2D eigenvalue weighted by Gasteiger charge is -2.21. The standard InChI is InChI=1S/C32H38O5/c1-5-6-7-8-9-10-13-23-16-19-25(20-17-23)36-31(35)27-21-18-24(32(2,3)4)22-29(27)37-30(34)26-14-11-12-15-28(26)33/h11-12,14-22,33H,5-10,13H2,1-4H3. The van der Waals surface area contributed by atoms with Crippen LogP contribution in [0.5, 0.6) is 17.2 Å². The number of unbranched alkanes of at least 4 members (excludes halogenated alkanes) is 5. The third kappa shape index (κ3) is 8.21. The van der Waals surface area contributed by atoms with Gasteiger partial charge in [0, 0.05) is 0 Å². The van der Waals surface area contributed by atoms with Gasteiger partial charge in [0.15, 0.2) is 0 Å². The fourth-order valence-electron chi connectivity index (χ4n) is 4.04. The molecule has 0 saturated carbocycles. The molecule has 0 aliphatic carbocycles. The molecule has 5 nitrogen and oxygen atoms in total. The summed E-state index contributed by atoms with van der Waals surface area (Å²) in [6.45, 7) is 8.31. The Hall–Kier alpha value is -3.60. The molecule has 0 aliphatic heterocycles. The number of ether oxygens (including phenoxy) is 2. The Morgan fingerprint density at radius 3 is 2.08 bits per heavy atom. The van der Waals surface area contributed by atoms with E-state index in [4.69, 9.17) is 9.47 Å². The monoisotopic (exact) mass is 502 g/mol. The van der Waals surface area contributed by atoms with Gasteiger partial charge >= 0.3 is 11.9 Å². The number of esters is 2. The minimum atomic E-state index is -0.753. The number of phenolic OH excluding ortho intramolecular Hbond substituents is 1. The highest BCUT2D eigenvalue weighted by atomic mass is 16.6. The third-order valence-electron chi connectivity index (χ3n) is 6.35. The summed E-state index contributed by atoms with van der Waals surface area (Å²) in [5.74, 6) is -1.05. The fourth-order valence-corrected chi connectivity index (χ4v) is 4.04. The molecule has 0 unspecified atom stereocenters. The van der Waals surface area contributed by atoms with Crippen molar-refractivity contribution in [2.45, 2.75) is 78.1 Å². The van der Waals surface area contributed by atoms with Gasteiger partial charge in [0.2, 0.25) is 0 Å². The van der Waals surface area contributed by atoms with Gasteiger partial charge in [-0.15, -0.1) is 0 Å². The van der Waals surface area contributed by atoms with Crippen molar-refractivity contribution < 1.29 is 24.2 Å². The summed E-state index contributed by atoms with van der Waals surface area (Å²) in [6, 6.07) is 18.8. The van der Waals surface area contributed by atoms with Crippen LogP contribution in [0, 0.1) is 0 Å². The first-order valence-corrected chi connectivity index (χ1v) is 13.1. The fraction of sp³-hybridized carbons (Fsp3) is 0.375. The van der Waals surface area contributed by atoms with E-state index in [1.165, 1.54) is 49.8 Å². The summed E-state index contributed by atoms with van der Waals surface area (Å²) in [7, 11) is 0. The van der Waals surface area contributed by atoms with Crippen molar-refractivity contribution in [3.05, 3.63) is 89.0 Å². The molecule has 1 N–H and O–H groups in total. The van der Waals surface area contributed by atoms with E-state index < -0.39 is 11.9 Å². The first-order chi connectivity index (χ1) is 17.7. The molecule has 0 spiro atoms. The number of aromatic hydroxyl groups is 1. The summed E-state index contributed by atoms with van der Waals surface area (Å²) in [5, 5.41) is 10.0.